The number of ketones is 1. The number of nitrogens with zero attached hydrogens (tertiary/aromatic N) is 6. The third-order valence-corrected chi connectivity index (χ3v) is 5.52. The van der Waals surface area contributed by atoms with Gasteiger partial charge in [0, 0.05) is 35.1 Å². The predicted molar refractivity (Wildman–Crippen MR) is 104 cm³/mol. The third kappa shape index (κ3) is 4.22. The van der Waals surface area contributed by atoms with Gasteiger partial charge in [-0.05, 0) is 36.3 Å². The highest BCUT2D eigenvalue weighted by Gasteiger charge is 2.29. The van der Waals surface area contributed by atoms with Crippen molar-refractivity contribution in [1.82, 2.24) is 25.4 Å². The normalized spacial score (nSPS) is 14.8. The Morgan fingerprint density at radius 3 is 2.77 bits per heavy atom. The van der Waals surface area contributed by atoms with E-state index >= 15 is 0 Å². The number of aliphatic carboxylic acids is 1. The lowest BCUT2D eigenvalue weighted by Crippen LogP contribution is -2.36. The monoisotopic (exact) mass is 478 g/mol. The maximum Gasteiger partial charge on any atom is 0.327 e. The van der Waals surface area contributed by atoms with Crippen molar-refractivity contribution < 1.29 is 23.6 Å². The van der Waals surface area contributed by atoms with Crippen LogP contribution in [0.5, 0.6) is 0 Å². The maximum absolute atomic E-state index is 13.5. The molecule has 4 rings (SSSR count). The van der Waals surface area contributed by atoms with Crippen LogP contribution in [0.3, 0.4) is 0 Å². The van der Waals surface area contributed by atoms with Crippen LogP contribution in [-0.2, 0) is 11.3 Å². The number of benzene rings is 1. The first-order chi connectivity index (χ1) is 14.4. The number of carbonyl (C=O) groups excluding carboxylic acids is 1. The molecule has 0 aliphatic carbocycles. The van der Waals surface area contributed by atoms with Crippen molar-refractivity contribution >= 4 is 33.5 Å². The number of hydrogen-bond acceptors (Lipinski definition) is 8. The lowest BCUT2D eigenvalue weighted by molar-refractivity contribution is -0.138. The molecule has 1 aliphatic heterocycles. The zero-order valence-electron chi connectivity index (χ0n) is 15.5. The van der Waals surface area contributed by atoms with E-state index in [2.05, 4.69) is 36.5 Å². The minimum atomic E-state index is -1.08. The van der Waals surface area contributed by atoms with Crippen molar-refractivity contribution in [3.05, 3.63) is 40.1 Å². The number of hydrogen-bond donors (Lipinski definition) is 1. The summed E-state index contributed by atoms with van der Waals surface area (Å²) in [6.45, 7) is 0.750. The Morgan fingerprint density at radius 2 is 2.03 bits per heavy atom. The molecule has 0 amide bonds. The summed E-state index contributed by atoms with van der Waals surface area (Å²) < 4.78 is 19.4. The number of halogens is 2. The minimum absolute atomic E-state index is 0.0823. The van der Waals surface area contributed by atoms with Crippen LogP contribution in [0, 0.1) is 11.7 Å². The quantitative estimate of drug-likeness (QED) is 0.531. The van der Waals surface area contributed by atoms with Crippen molar-refractivity contribution in [2.45, 2.75) is 19.4 Å². The van der Waals surface area contributed by atoms with E-state index in [1.54, 1.807) is 6.07 Å². The van der Waals surface area contributed by atoms with Crippen LogP contribution in [-0.4, -0.2) is 55.3 Å². The second-order valence-corrected chi connectivity index (χ2v) is 7.69. The highest BCUT2D eigenvalue weighted by atomic mass is 79.9. The first-order valence-corrected chi connectivity index (χ1v) is 9.91. The smallest absolute Gasteiger partial charge is 0.327 e. The standard InChI is InChI=1S/C18H16BrFN6O4/c19-13-2-1-11(20)7-12(13)17(29)10-3-5-25(6-4-10)15-8-14(30-23-15)18-21-24-26(22-18)9-16(27)28/h1-2,7-8,10H,3-6,9H2,(H,27,28). The number of carboxylic acids is 1. The molecule has 0 bridgehead atoms. The lowest BCUT2D eigenvalue weighted by Gasteiger charge is -2.31. The first kappa shape index (κ1) is 20.1. The molecule has 2 aromatic heterocycles. The van der Waals surface area contributed by atoms with Crippen LogP contribution in [0.1, 0.15) is 23.2 Å². The average Bonchev–Trinajstić information content (AvgIpc) is 3.38. The summed E-state index contributed by atoms with van der Waals surface area (Å²) in [5, 5.41) is 24.1. The largest absolute Gasteiger partial charge is 0.480 e. The summed E-state index contributed by atoms with van der Waals surface area (Å²) in [7, 11) is 0. The Hall–Kier alpha value is -3.15. The van der Waals surface area contributed by atoms with Crippen molar-refractivity contribution in [3.8, 4) is 11.6 Å². The number of tetrazole rings is 1. The Kier molecular flexibility index (Phi) is 5.57. The summed E-state index contributed by atoms with van der Waals surface area (Å²) >= 11 is 3.31. The zero-order chi connectivity index (χ0) is 21.3. The zero-order valence-corrected chi connectivity index (χ0v) is 17.1. The fourth-order valence-electron chi connectivity index (χ4n) is 3.33. The fraction of sp³-hybridized carbons (Fsp3) is 0.333. The molecule has 1 saturated heterocycles. The third-order valence-electron chi connectivity index (χ3n) is 4.83. The molecule has 1 aromatic carbocycles. The van der Waals surface area contributed by atoms with E-state index in [0.29, 0.717) is 41.8 Å². The van der Waals surface area contributed by atoms with Gasteiger partial charge in [0.25, 0.3) is 0 Å². The van der Waals surface area contributed by atoms with E-state index in [4.69, 9.17) is 9.63 Å². The number of aromatic nitrogens is 5. The van der Waals surface area contributed by atoms with E-state index in [0.717, 1.165) is 4.80 Å². The van der Waals surface area contributed by atoms with Crippen molar-refractivity contribution in [2.75, 3.05) is 18.0 Å². The molecule has 0 atom stereocenters. The average molecular weight is 479 g/mol. The van der Waals surface area contributed by atoms with Gasteiger partial charge in [-0.25, -0.2) is 4.39 Å². The SMILES string of the molecule is O=C(O)Cn1nnc(-c2cc(N3CCC(C(=O)c4cc(F)ccc4Br)CC3)no2)n1. The highest BCUT2D eigenvalue weighted by molar-refractivity contribution is 9.10. The van der Waals surface area contributed by atoms with Gasteiger partial charge in [-0.2, -0.15) is 4.80 Å². The van der Waals surface area contributed by atoms with Crippen LogP contribution in [0.15, 0.2) is 33.3 Å². The molecule has 156 valence electrons. The summed E-state index contributed by atoms with van der Waals surface area (Å²) in [5.74, 6) is -0.843. The lowest BCUT2D eigenvalue weighted by atomic mass is 9.89. The van der Waals surface area contributed by atoms with Crippen molar-refractivity contribution in [2.24, 2.45) is 5.92 Å². The molecule has 10 nitrogen and oxygen atoms in total. The number of carbonyl (C=O) groups is 2. The predicted octanol–water partition coefficient (Wildman–Crippen LogP) is 2.41. The molecule has 0 saturated carbocycles. The molecule has 1 aliphatic rings. The molecular formula is C18H16BrFN6O4. The van der Waals surface area contributed by atoms with Gasteiger partial charge < -0.3 is 14.5 Å². The second-order valence-electron chi connectivity index (χ2n) is 6.84. The van der Waals surface area contributed by atoms with E-state index < -0.39 is 18.3 Å². The van der Waals surface area contributed by atoms with Crippen LogP contribution < -0.4 is 4.90 Å². The molecule has 3 heterocycles. The van der Waals surface area contributed by atoms with Crippen LogP contribution in [0.2, 0.25) is 0 Å². The van der Waals surface area contributed by atoms with Crippen molar-refractivity contribution in [1.29, 1.82) is 0 Å². The molecule has 1 fully saturated rings. The minimum Gasteiger partial charge on any atom is -0.480 e. The van der Waals surface area contributed by atoms with E-state index in [9.17, 15) is 14.0 Å². The van der Waals surface area contributed by atoms with Gasteiger partial charge in [0.05, 0.1) is 0 Å². The highest BCUT2D eigenvalue weighted by Crippen LogP contribution is 2.29. The number of piperidine rings is 1. The van der Waals surface area contributed by atoms with E-state index in [1.165, 1.54) is 18.2 Å². The Bertz CT molecular complexity index is 1090. The maximum atomic E-state index is 13.5. The summed E-state index contributed by atoms with van der Waals surface area (Å²) in [6.07, 6.45) is 1.19. The molecule has 1 N–H and O–H groups in total. The van der Waals surface area contributed by atoms with E-state index in [-0.39, 0.29) is 23.3 Å². The van der Waals surface area contributed by atoms with Crippen LogP contribution >= 0.6 is 15.9 Å². The molecule has 0 radical (unpaired) electrons. The molecule has 12 heteroatoms. The van der Waals surface area contributed by atoms with Crippen molar-refractivity contribution in [3.63, 3.8) is 0 Å². The number of carboxylic acid groups (broad SMARTS) is 1. The fourth-order valence-corrected chi connectivity index (χ4v) is 3.77. The van der Waals surface area contributed by atoms with Gasteiger partial charge in [0.2, 0.25) is 11.6 Å². The Balaban J connectivity index is 1.40. The van der Waals surface area contributed by atoms with Gasteiger partial charge in [-0.3, -0.25) is 9.59 Å². The topological polar surface area (TPSA) is 127 Å². The summed E-state index contributed by atoms with van der Waals surface area (Å²) in [6, 6.07) is 5.75. The molecule has 3 aromatic rings. The number of Topliss-reactive ketones (excluding diaryl/α,β-unsaturated/α-hetero) is 1. The number of anilines is 1. The molecule has 0 unspecified atom stereocenters. The van der Waals surface area contributed by atoms with Crippen LogP contribution in [0.25, 0.3) is 11.6 Å². The Morgan fingerprint density at radius 1 is 1.27 bits per heavy atom. The van der Waals surface area contributed by atoms with Gasteiger partial charge in [-0.1, -0.05) is 21.1 Å². The molecule has 0 spiro atoms. The van der Waals surface area contributed by atoms with Crippen LogP contribution in [0.4, 0.5) is 10.2 Å². The van der Waals surface area contributed by atoms with Gasteiger partial charge >= 0.3 is 5.97 Å². The first-order valence-electron chi connectivity index (χ1n) is 9.11. The van der Waals surface area contributed by atoms with Gasteiger partial charge in [0.15, 0.2) is 18.1 Å². The van der Waals surface area contributed by atoms with Gasteiger partial charge in [-0.15, -0.1) is 10.2 Å². The number of rotatable bonds is 6. The second kappa shape index (κ2) is 8.30. The van der Waals surface area contributed by atoms with Gasteiger partial charge in [0.1, 0.15) is 5.82 Å². The summed E-state index contributed by atoms with van der Waals surface area (Å²) in [4.78, 5) is 26.4. The molecular weight excluding hydrogens is 463 g/mol. The van der Waals surface area contributed by atoms with E-state index in [1.807, 2.05) is 4.90 Å². The molecule has 30 heavy (non-hydrogen) atoms. The Labute approximate surface area is 177 Å². The summed E-state index contributed by atoms with van der Waals surface area (Å²) in [5.41, 5.74) is 0.354.